The molecule has 0 aliphatic carbocycles. The second kappa shape index (κ2) is 10.6. The highest BCUT2D eigenvalue weighted by Crippen LogP contribution is 2.35. The van der Waals surface area contributed by atoms with Crippen LogP contribution < -0.4 is 10.5 Å². The van der Waals surface area contributed by atoms with Gasteiger partial charge < -0.3 is 15.2 Å². The molecule has 0 aromatic carbocycles. The summed E-state index contributed by atoms with van der Waals surface area (Å²) in [6.07, 6.45) is 5.54. The number of hydrogen-bond donors (Lipinski definition) is 1. The van der Waals surface area contributed by atoms with E-state index in [0.717, 1.165) is 19.3 Å². The molecule has 1 aromatic heterocycles. The predicted octanol–water partition coefficient (Wildman–Crippen LogP) is 4.78. The van der Waals surface area contributed by atoms with Gasteiger partial charge in [-0.15, -0.1) is 0 Å². The number of carbonyl (C=O) groups is 1. The first-order valence-electron chi connectivity index (χ1n) is 8.01. The summed E-state index contributed by atoms with van der Waals surface area (Å²) in [6, 6.07) is 0. The van der Waals surface area contributed by atoms with Crippen molar-refractivity contribution in [2.24, 2.45) is 0 Å². The first-order chi connectivity index (χ1) is 11.4. The lowest BCUT2D eigenvalue weighted by Gasteiger charge is -2.15. The van der Waals surface area contributed by atoms with Gasteiger partial charge in [-0.2, -0.15) is 9.37 Å². The van der Waals surface area contributed by atoms with E-state index in [-0.39, 0.29) is 21.6 Å². The first kappa shape index (κ1) is 20.8. The maximum atomic E-state index is 13.5. The number of nitrogens with two attached hydrogens (primary N) is 1. The standard InChI is InChI=1S/C16H23Cl2FN2O3/c1-3-4-5-6-7-8-9-23-16(22)10(2)24-15-12(18)13(20)11(17)14(19)21-15/h10H,3-9H2,1-2H3,(H2,20,21)/t10-/m1/s1. The Hall–Kier alpha value is -1.27. The van der Waals surface area contributed by atoms with E-state index in [9.17, 15) is 9.18 Å². The number of nitrogen functional groups attached to an aromatic ring is 1. The zero-order chi connectivity index (χ0) is 18.1. The van der Waals surface area contributed by atoms with Gasteiger partial charge in [0.15, 0.2) is 6.10 Å². The fraction of sp³-hybridized carbons (Fsp3) is 0.625. The molecule has 0 saturated carbocycles. The van der Waals surface area contributed by atoms with Crippen LogP contribution in [0.1, 0.15) is 52.4 Å². The summed E-state index contributed by atoms with van der Waals surface area (Å²) in [7, 11) is 0. The number of carbonyl (C=O) groups excluding carboxylic acids is 1. The molecule has 2 N–H and O–H groups in total. The van der Waals surface area contributed by atoms with Gasteiger partial charge in [0.25, 0.3) is 0 Å². The second-order valence-corrected chi connectivity index (χ2v) is 6.20. The molecule has 0 fully saturated rings. The number of unbranched alkanes of at least 4 members (excludes halogenated alkanes) is 5. The van der Waals surface area contributed by atoms with Gasteiger partial charge in [0.1, 0.15) is 10.0 Å². The maximum Gasteiger partial charge on any atom is 0.347 e. The highest BCUT2D eigenvalue weighted by atomic mass is 35.5. The van der Waals surface area contributed by atoms with Crippen molar-refractivity contribution in [3.8, 4) is 5.88 Å². The van der Waals surface area contributed by atoms with E-state index in [1.165, 1.54) is 26.2 Å². The third kappa shape index (κ3) is 6.32. The molecule has 0 aliphatic heterocycles. The second-order valence-electron chi connectivity index (χ2n) is 5.44. The lowest BCUT2D eigenvalue weighted by Crippen LogP contribution is -2.27. The summed E-state index contributed by atoms with van der Waals surface area (Å²) in [5, 5.41) is -0.525. The van der Waals surface area contributed by atoms with E-state index in [1.54, 1.807) is 0 Å². The van der Waals surface area contributed by atoms with Crippen LogP contribution in [0.2, 0.25) is 10.0 Å². The molecule has 24 heavy (non-hydrogen) atoms. The van der Waals surface area contributed by atoms with Crippen molar-refractivity contribution in [2.75, 3.05) is 12.3 Å². The van der Waals surface area contributed by atoms with Crippen LogP contribution >= 0.6 is 23.2 Å². The molecular weight excluding hydrogens is 358 g/mol. The quantitative estimate of drug-likeness (QED) is 0.359. The number of anilines is 1. The molecule has 0 unspecified atom stereocenters. The molecule has 5 nitrogen and oxygen atoms in total. The summed E-state index contributed by atoms with van der Waals surface area (Å²) >= 11 is 11.5. The Morgan fingerprint density at radius 3 is 2.50 bits per heavy atom. The number of aromatic nitrogens is 1. The monoisotopic (exact) mass is 380 g/mol. The normalized spacial score (nSPS) is 12.0. The van der Waals surface area contributed by atoms with Crippen molar-refractivity contribution in [3.05, 3.63) is 16.0 Å². The highest BCUT2D eigenvalue weighted by Gasteiger charge is 2.22. The third-order valence-corrected chi connectivity index (χ3v) is 4.13. The predicted molar refractivity (Wildman–Crippen MR) is 93.1 cm³/mol. The Morgan fingerprint density at radius 2 is 1.83 bits per heavy atom. The SMILES string of the molecule is CCCCCCCCOC(=O)[C@@H](C)Oc1nc(F)c(Cl)c(N)c1Cl. The molecule has 0 amide bonds. The molecule has 1 aromatic rings. The van der Waals surface area contributed by atoms with Gasteiger partial charge in [-0.1, -0.05) is 62.2 Å². The Labute approximate surface area is 151 Å². The van der Waals surface area contributed by atoms with Crippen LogP contribution in [0.4, 0.5) is 10.1 Å². The van der Waals surface area contributed by atoms with Crippen molar-refractivity contribution in [1.29, 1.82) is 0 Å². The lowest BCUT2D eigenvalue weighted by atomic mass is 10.1. The summed E-state index contributed by atoms with van der Waals surface area (Å²) in [5.74, 6) is -1.88. The minimum absolute atomic E-state index is 0.142. The Bertz CT molecular complexity index is 559. The molecule has 1 atom stereocenters. The average Bonchev–Trinajstić information content (AvgIpc) is 2.56. The topological polar surface area (TPSA) is 74.4 Å². The molecule has 0 radical (unpaired) electrons. The smallest absolute Gasteiger partial charge is 0.347 e. The molecule has 8 heteroatoms. The molecular formula is C16H23Cl2FN2O3. The number of pyridine rings is 1. The van der Waals surface area contributed by atoms with Gasteiger partial charge in [-0.3, -0.25) is 0 Å². The molecule has 0 saturated heterocycles. The molecule has 1 heterocycles. The number of rotatable bonds is 10. The lowest BCUT2D eigenvalue weighted by molar-refractivity contribution is -0.151. The van der Waals surface area contributed by atoms with E-state index in [2.05, 4.69) is 11.9 Å². The molecule has 136 valence electrons. The molecule has 1 rings (SSSR count). The number of halogens is 3. The van der Waals surface area contributed by atoms with E-state index < -0.39 is 18.0 Å². The van der Waals surface area contributed by atoms with Gasteiger partial charge in [0, 0.05) is 0 Å². The Morgan fingerprint density at radius 1 is 1.21 bits per heavy atom. The van der Waals surface area contributed by atoms with Gasteiger partial charge in [0.05, 0.1) is 12.3 Å². The van der Waals surface area contributed by atoms with E-state index in [4.69, 9.17) is 38.4 Å². The minimum atomic E-state index is -1.01. The Kier molecular flexibility index (Phi) is 9.14. The third-order valence-electron chi connectivity index (χ3n) is 3.40. The minimum Gasteiger partial charge on any atom is -0.463 e. The maximum absolute atomic E-state index is 13.5. The van der Waals surface area contributed by atoms with Gasteiger partial charge in [-0.25, -0.2) is 4.79 Å². The van der Waals surface area contributed by atoms with E-state index in [0.29, 0.717) is 6.61 Å². The van der Waals surface area contributed by atoms with Gasteiger partial charge in [0.2, 0.25) is 11.8 Å². The summed E-state index contributed by atoms with van der Waals surface area (Å²) < 4.78 is 23.8. The van der Waals surface area contributed by atoms with Crippen LogP contribution in [0.5, 0.6) is 5.88 Å². The largest absolute Gasteiger partial charge is 0.463 e. The van der Waals surface area contributed by atoms with Crippen molar-refractivity contribution in [3.63, 3.8) is 0 Å². The van der Waals surface area contributed by atoms with E-state index in [1.807, 2.05) is 0 Å². The number of esters is 1. The van der Waals surface area contributed by atoms with Crippen LogP contribution in [-0.2, 0) is 9.53 Å². The summed E-state index contributed by atoms with van der Waals surface area (Å²) in [4.78, 5) is 15.3. The van der Waals surface area contributed by atoms with Crippen molar-refractivity contribution >= 4 is 34.9 Å². The Balaban J connectivity index is 2.42. The number of nitrogens with zero attached hydrogens (tertiary/aromatic N) is 1. The van der Waals surface area contributed by atoms with Crippen LogP contribution in [0.3, 0.4) is 0 Å². The van der Waals surface area contributed by atoms with Crippen LogP contribution in [0.15, 0.2) is 0 Å². The average molecular weight is 381 g/mol. The molecule has 0 aliphatic rings. The highest BCUT2D eigenvalue weighted by molar-refractivity contribution is 6.39. The summed E-state index contributed by atoms with van der Waals surface area (Å²) in [5.41, 5.74) is 5.36. The van der Waals surface area contributed by atoms with Crippen molar-refractivity contribution in [2.45, 2.75) is 58.5 Å². The van der Waals surface area contributed by atoms with Gasteiger partial charge >= 0.3 is 5.97 Å². The number of ether oxygens (including phenoxy) is 2. The van der Waals surface area contributed by atoms with Crippen LogP contribution in [-0.4, -0.2) is 23.7 Å². The molecule has 0 bridgehead atoms. The number of hydrogen-bond acceptors (Lipinski definition) is 5. The molecule has 0 spiro atoms. The van der Waals surface area contributed by atoms with Crippen molar-refractivity contribution in [1.82, 2.24) is 4.98 Å². The zero-order valence-corrected chi connectivity index (χ0v) is 15.4. The fourth-order valence-corrected chi connectivity index (χ4v) is 2.34. The van der Waals surface area contributed by atoms with Crippen LogP contribution in [0.25, 0.3) is 0 Å². The van der Waals surface area contributed by atoms with E-state index >= 15 is 0 Å². The zero-order valence-electron chi connectivity index (χ0n) is 13.9. The van der Waals surface area contributed by atoms with Crippen LogP contribution in [0, 0.1) is 5.95 Å². The fourth-order valence-electron chi connectivity index (χ4n) is 1.98. The van der Waals surface area contributed by atoms with Crippen molar-refractivity contribution < 1.29 is 18.7 Å². The van der Waals surface area contributed by atoms with Gasteiger partial charge in [-0.05, 0) is 13.3 Å². The first-order valence-corrected chi connectivity index (χ1v) is 8.77. The summed E-state index contributed by atoms with van der Waals surface area (Å²) in [6.45, 7) is 3.94.